The lowest BCUT2D eigenvalue weighted by Crippen LogP contribution is -2.17. The summed E-state index contributed by atoms with van der Waals surface area (Å²) in [6.07, 6.45) is -0.0844. The van der Waals surface area contributed by atoms with E-state index < -0.39 is 0 Å². The number of hydrogen-bond donors (Lipinski definition) is 1. The quantitative estimate of drug-likeness (QED) is 0.250. The van der Waals surface area contributed by atoms with Crippen molar-refractivity contribution in [2.45, 2.75) is 26.6 Å². The van der Waals surface area contributed by atoms with E-state index in [1.807, 2.05) is 42.5 Å². The number of nitrogens with zero attached hydrogens (tertiary/aromatic N) is 1. The molecule has 0 radical (unpaired) electrons. The van der Waals surface area contributed by atoms with Crippen molar-refractivity contribution in [2.75, 3.05) is 12.4 Å². The van der Waals surface area contributed by atoms with Crippen molar-refractivity contribution in [3.63, 3.8) is 0 Å². The van der Waals surface area contributed by atoms with Crippen LogP contribution >= 0.6 is 15.9 Å². The molecule has 4 rings (SSSR count). The Balaban J connectivity index is 1.64. The molecule has 5 nitrogen and oxygen atoms in total. The normalized spacial score (nSPS) is 11.6. The maximum absolute atomic E-state index is 11.9. The van der Waals surface area contributed by atoms with Crippen LogP contribution in [-0.4, -0.2) is 17.6 Å². The standard InChI is InChI=1S/C28H27BrN2O3/c1-19-12-14-26(31(19)20(2)30-24-11-7-10-22(16-24)28(32)33-3)25-17-23(29)13-15-27(25)34-18-21-8-5-4-6-9-21/h4-17,20,30H,18H2,1-3H3. The van der Waals surface area contributed by atoms with E-state index in [0.717, 1.165) is 38.4 Å². The van der Waals surface area contributed by atoms with E-state index in [4.69, 9.17) is 9.47 Å². The van der Waals surface area contributed by atoms with E-state index in [2.05, 4.69) is 70.0 Å². The summed E-state index contributed by atoms with van der Waals surface area (Å²) in [6, 6.07) is 27.7. The first-order chi connectivity index (χ1) is 16.5. The Kier molecular flexibility index (Phi) is 7.38. The van der Waals surface area contributed by atoms with Crippen molar-refractivity contribution in [3.05, 3.63) is 106 Å². The third kappa shape index (κ3) is 5.34. The molecule has 0 spiro atoms. The van der Waals surface area contributed by atoms with Gasteiger partial charge in [0.05, 0.1) is 18.4 Å². The molecule has 1 heterocycles. The number of nitrogens with one attached hydrogen (secondary N) is 1. The van der Waals surface area contributed by atoms with E-state index in [1.165, 1.54) is 7.11 Å². The molecule has 0 amide bonds. The first-order valence-corrected chi connectivity index (χ1v) is 11.8. The molecule has 0 bridgehead atoms. The second-order valence-electron chi connectivity index (χ2n) is 8.04. The largest absolute Gasteiger partial charge is 0.488 e. The predicted octanol–water partition coefficient (Wildman–Crippen LogP) is 7.22. The Bertz CT molecular complexity index is 1280. The first-order valence-electron chi connectivity index (χ1n) is 11.1. The number of benzene rings is 3. The van der Waals surface area contributed by atoms with Crippen LogP contribution < -0.4 is 10.1 Å². The van der Waals surface area contributed by atoms with Crippen LogP contribution in [0.5, 0.6) is 5.75 Å². The number of aryl methyl sites for hydroxylation is 1. The van der Waals surface area contributed by atoms with Crippen LogP contribution in [0.15, 0.2) is 89.4 Å². The Morgan fingerprint density at radius 1 is 1.00 bits per heavy atom. The number of rotatable bonds is 8. The first kappa shape index (κ1) is 23.6. The highest BCUT2D eigenvalue weighted by molar-refractivity contribution is 9.10. The Hall–Kier alpha value is -3.51. The monoisotopic (exact) mass is 518 g/mol. The fourth-order valence-electron chi connectivity index (χ4n) is 4.01. The molecule has 1 N–H and O–H groups in total. The SMILES string of the molecule is COC(=O)c1cccc(NC(C)n2c(C)ccc2-c2cc(Br)ccc2OCc2ccccc2)c1. The second kappa shape index (κ2) is 10.6. The van der Waals surface area contributed by atoms with Crippen molar-refractivity contribution in [2.24, 2.45) is 0 Å². The van der Waals surface area contributed by atoms with E-state index >= 15 is 0 Å². The van der Waals surface area contributed by atoms with Gasteiger partial charge in [-0.3, -0.25) is 0 Å². The molecule has 0 fully saturated rings. The van der Waals surface area contributed by atoms with Gasteiger partial charge in [0.25, 0.3) is 0 Å². The van der Waals surface area contributed by atoms with Gasteiger partial charge in [-0.15, -0.1) is 0 Å². The molecule has 4 aromatic rings. The second-order valence-corrected chi connectivity index (χ2v) is 8.95. The van der Waals surface area contributed by atoms with Gasteiger partial charge in [0.15, 0.2) is 0 Å². The number of carbonyl (C=O) groups is 1. The van der Waals surface area contributed by atoms with E-state index in [0.29, 0.717) is 12.2 Å². The van der Waals surface area contributed by atoms with Gasteiger partial charge in [-0.05, 0) is 67.9 Å². The summed E-state index contributed by atoms with van der Waals surface area (Å²) in [5.74, 6) is 0.453. The minimum atomic E-state index is -0.358. The summed E-state index contributed by atoms with van der Waals surface area (Å²) in [6.45, 7) is 4.65. The maximum Gasteiger partial charge on any atom is 0.337 e. The topological polar surface area (TPSA) is 52.5 Å². The molecule has 1 unspecified atom stereocenters. The Labute approximate surface area is 208 Å². The number of hydrogen-bond acceptors (Lipinski definition) is 4. The van der Waals surface area contributed by atoms with Crippen molar-refractivity contribution < 1.29 is 14.3 Å². The molecule has 0 aliphatic carbocycles. The average molecular weight is 519 g/mol. The Morgan fingerprint density at radius 3 is 2.56 bits per heavy atom. The van der Waals surface area contributed by atoms with Crippen molar-refractivity contribution in [1.82, 2.24) is 4.57 Å². The minimum absolute atomic E-state index is 0.0844. The van der Waals surface area contributed by atoms with Crippen LogP contribution in [0.25, 0.3) is 11.3 Å². The zero-order valence-electron chi connectivity index (χ0n) is 19.4. The smallest absolute Gasteiger partial charge is 0.337 e. The highest BCUT2D eigenvalue weighted by Gasteiger charge is 2.18. The molecule has 1 atom stereocenters. The van der Waals surface area contributed by atoms with Crippen LogP contribution in [0, 0.1) is 6.92 Å². The number of halogens is 1. The van der Waals surface area contributed by atoms with E-state index in [9.17, 15) is 4.79 Å². The molecule has 0 saturated carbocycles. The highest BCUT2D eigenvalue weighted by atomic mass is 79.9. The summed E-state index contributed by atoms with van der Waals surface area (Å²) in [5, 5.41) is 3.51. The molecular formula is C28H27BrN2O3. The van der Waals surface area contributed by atoms with Gasteiger partial charge in [-0.1, -0.05) is 52.3 Å². The number of esters is 1. The van der Waals surface area contributed by atoms with Crippen molar-refractivity contribution >= 4 is 27.6 Å². The van der Waals surface area contributed by atoms with Gasteiger partial charge < -0.3 is 19.4 Å². The lowest BCUT2D eigenvalue weighted by atomic mass is 10.1. The van der Waals surface area contributed by atoms with E-state index in [1.54, 1.807) is 12.1 Å². The van der Waals surface area contributed by atoms with Crippen molar-refractivity contribution in [3.8, 4) is 17.0 Å². The predicted molar refractivity (Wildman–Crippen MR) is 139 cm³/mol. The average Bonchev–Trinajstić information content (AvgIpc) is 3.24. The van der Waals surface area contributed by atoms with Gasteiger partial charge in [0, 0.05) is 21.4 Å². The van der Waals surface area contributed by atoms with Gasteiger partial charge in [0.1, 0.15) is 18.5 Å². The maximum atomic E-state index is 11.9. The third-order valence-electron chi connectivity index (χ3n) is 5.62. The zero-order valence-corrected chi connectivity index (χ0v) is 21.0. The van der Waals surface area contributed by atoms with Gasteiger partial charge >= 0.3 is 5.97 Å². The summed E-state index contributed by atoms with van der Waals surface area (Å²) in [4.78, 5) is 11.9. The molecule has 0 saturated heterocycles. The van der Waals surface area contributed by atoms with Crippen LogP contribution in [-0.2, 0) is 11.3 Å². The zero-order chi connectivity index (χ0) is 24.1. The fraction of sp³-hybridized carbons (Fsp3) is 0.179. The fourth-order valence-corrected chi connectivity index (χ4v) is 4.37. The molecule has 34 heavy (non-hydrogen) atoms. The number of anilines is 1. The molecular weight excluding hydrogens is 492 g/mol. The van der Waals surface area contributed by atoms with Crippen LogP contribution in [0.2, 0.25) is 0 Å². The summed E-state index contributed by atoms with van der Waals surface area (Å²) >= 11 is 3.62. The lowest BCUT2D eigenvalue weighted by molar-refractivity contribution is 0.0600. The van der Waals surface area contributed by atoms with Gasteiger partial charge in [-0.25, -0.2) is 4.79 Å². The summed E-state index contributed by atoms with van der Waals surface area (Å²) < 4.78 is 14.3. The molecule has 174 valence electrons. The van der Waals surface area contributed by atoms with Crippen LogP contribution in [0.4, 0.5) is 5.69 Å². The summed E-state index contributed by atoms with van der Waals surface area (Å²) in [7, 11) is 1.38. The van der Waals surface area contributed by atoms with Gasteiger partial charge in [0.2, 0.25) is 0 Å². The van der Waals surface area contributed by atoms with Crippen LogP contribution in [0.3, 0.4) is 0 Å². The van der Waals surface area contributed by atoms with Gasteiger partial charge in [-0.2, -0.15) is 0 Å². The highest BCUT2D eigenvalue weighted by Crippen LogP contribution is 2.36. The Morgan fingerprint density at radius 2 is 1.79 bits per heavy atom. The number of aromatic nitrogens is 1. The molecule has 0 aliphatic rings. The minimum Gasteiger partial charge on any atom is -0.488 e. The summed E-state index contributed by atoms with van der Waals surface area (Å²) in [5.41, 5.74) is 5.59. The molecule has 3 aromatic carbocycles. The third-order valence-corrected chi connectivity index (χ3v) is 6.12. The van der Waals surface area contributed by atoms with E-state index in [-0.39, 0.29) is 12.1 Å². The van der Waals surface area contributed by atoms with Crippen LogP contribution in [0.1, 0.15) is 34.7 Å². The lowest BCUT2D eigenvalue weighted by Gasteiger charge is -2.23. The molecule has 1 aromatic heterocycles. The molecule has 0 aliphatic heterocycles. The number of carbonyl (C=O) groups excluding carboxylic acids is 1. The number of methoxy groups -OCH3 is 1. The molecule has 6 heteroatoms. The van der Waals surface area contributed by atoms with Crippen molar-refractivity contribution in [1.29, 1.82) is 0 Å². The number of ether oxygens (including phenoxy) is 2.